The summed E-state index contributed by atoms with van der Waals surface area (Å²) in [5.74, 6) is 0.398. The van der Waals surface area contributed by atoms with Gasteiger partial charge in [-0.25, -0.2) is 4.79 Å². The summed E-state index contributed by atoms with van der Waals surface area (Å²) in [7, 11) is 0. The Bertz CT molecular complexity index is 352. The molecule has 2 amide bonds. The molecule has 1 unspecified atom stereocenters. The molecule has 0 aromatic carbocycles. The molecule has 0 aromatic heterocycles. The zero-order valence-electron chi connectivity index (χ0n) is 13.2. The molecule has 1 heterocycles. The van der Waals surface area contributed by atoms with E-state index in [0.717, 1.165) is 25.0 Å². The van der Waals surface area contributed by atoms with Gasteiger partial charge in [0.05, 0.1) is 5.41 Å². The molecule has 0 radical (unpaired) electrons. The highest BCUT2D eigenvalue weighted by Crippen LogP contribution is 2.35. The van der Waals surface area contributed by atoms with Crippen LogP contribution < -0.4 is 5.32 Å². The number of unbranched alkanes of at least 4 members (excludes halogenated alkanes) is 2. The molecule has 122 valence electrons. The SMILES string of the molecule is CCCC1(C(=O)O)CCN(C(=O)NCCCCCSC)C1. The molecule has 2 N–H and O–H groups in total. The molecule has 1 saturated heterocycles. The van der Waals surface area contributed by atoms with E-state index in [9.17, 15) is 14.7 Å². The fourth-order valence-electron chi connectivity index (χ4n) is 2.87. The standard InChI is InChI=1S/C15H28N2O3S/c1-3-7-15(13(18)19)8-10-17(12-15)14(20)16-9-5-4-6-11-21-2/h3-12H2,1-2H3,(H,16,20)(H,18,19). The normalized spacial score (nSPS) is 21.5. The minimum absolute atomic E-state index is 0.112. The van der Waals surface area contributed by atoms with Crippen LogP contribution in [-0.4, -0.2) is 53.6 Å². The van der Waals surface area contributed by atoms with Gasteiger partial charge in [-0.3, -0.25) is 4.79 Å². The van der Waals surface area contributed by atoms with E-state index in [1.54, 1.807) is 4.90 Å². The molecule has 1 rings (SSSR count). The molecule has 1 fully saturated rings. The van der Waals surface area contributed by atoms with Gasteiger partial charge in [0.25, 0.3) is 0 Å². The number of hydrogen-bond donors (Lipinski definition) is 2. The quantitative estimate of drug-likeness (QED) is 0.642. The number of carboxylic acid groups (broad SMARTS) is 1. The van der Waals surface area contributed by atoms with Crippen LogP contribution in [0.15, 0.2) is 0 Å². The van der Waals surface area contributed by atoms with E-state index in [1.165, 1.54) is 6.42 Å². The number of rotatable bonds is 9. The largest absolute Gasteiger partial charge is 0.481 e. The Hall–Kier alpha value is -0.910. The number of nitrogens with one attached hydrogen (secondary N) is 1. The summed E-state index contributed by atoms with van der Waals surface area (Å²) in [6, 6.07) is -0.112. The van der Waals surface area contributed by atoms with Gasteiger partial charge in [-0.1, -0.05) is 19.8 Å². The zero-order chi connectivity index (χ0) is 15.7. The van der Waals surface area contributed by atoms with Crippen molar-refractivity contribution in [2.24, 2.45) is 5.41 Å². The lowest BCUT2D eigenvalue weighted by Gasteiger charge is -2.24. The minimum atomic E-state index is -0.767. The molecular weight excluding hydrogens is 288 g/mol. The summed E-state index contributed by atoms with van der Waals surface area (Å²) in [5, 5.41) is 12.3. The Balaban J connectivity index is 2.31. The van der Waals surface area contributed by atoms with Crippen LogP contribution in [0.2, 0.25) is 0 Å². The molecule has 6 heteroatoms. The van der Waals surface area contributed by atoms with Crippen molar-refractivity contribution in [1.29, 1.82) is 0 Å². The van der Waals surface area contributed by atoms with Crippen molar-refractivity contribution in [2.45, 2.75) is 45.4 Å². The van der Waals surface area contributed by atoms with Gasteiger partial charge in [0.15, 0.2) is 0 Å². The molecule has 5 nitrogen and oxygen atoms in total. The second-order valence-electron chi connectivity index (χ2n) is 5.79. The molecule has 0 bridgehead atoms. The maximum atomic E-state index is 12.1. The number of hydrogen-bond acceptors (Lipinski definition) is 3. The Morgan fingerprint density at radius 3 is 2.71 bits per heavy atom. The molecule has 1 aliphatic rings. The van der Waals surface area contributed by atoms with E-state index >= 15 is 0 Å². The lowest BCUT2D eigenvalue weighted by molar-refractivity contribution is -0.148. The first-order chi connectivity index (χ1) is 10.1. The van der Waals surface area contributed by atoms with Crippen LogP contribution in [0.5, 0.6) is 0 Å². The molecule has 0 spiro atoms. The number of urea groups is 1. The zero-order valence-corrected chi connectivity index (χ0v) is 14.0. The third-order valence-electron chi connectivity index (χ3n) is 4.12. The van der Waals surface area contributed by atoms with Crippen molar-refractivity contribution in [2.75, 3.05) is 31.6 Å². The van der Waals surface area contributed by atoms with Gasteiger partial charge in [0.2, 0.25) is 0 Å². The summed E-state index contributed by atoms with van der Waals surface area (Å²) >= 11 is 1.84. The fraction of sp³-hybridized carbons (Fsp3) is 0.867. The Morgan fingerprint density at radius 2 is 2.10 bits per heavy atom. The highest BCUT2D eigenvalue weighted by Gasteiger charge is 2.45. The van der Waals surface area contributed by atoms with Gasteiger partial charge in [-0.05, 0) is 37.7 Å². The van der Waals surface area contributed by atoms with E-state index in [1.807, 2.05) is 18.7 Å². The maximum absolute atomic E-state index is 12.1. The lowest BCUT2D eigenvalue weighted by Crippen LogP contribution is -2.42. The van der Waals surface area contributed by atoms with Crippen LogP contribution in [0.25, 0.3) is 0 Å². The highest BCUT2D eigenvalue weighted by molar-refractivity contribution is 7.98. The average molecular weight is 316 g/mol. The van der Waals surface area contributed by atoms with E-state index in [-0.39, 0.29) is 6.03 Å². The number of amides is 2. The molecule has 1 atom stereocenters. The monoisotopic (exact) mass is 316 g/mol. The third kappa shape index (κ3) is 5.41. The lowest BCUT2D eigenvalue weighted by atomic mass is 9.83. The molecule has 0 aliphatic carbocycles. The Morgan fingerprint density at radius 1 is 1.33 bits per heavy atom. The summed E-state index contributed by atoms with van der Waals surface area (Å²) < 4.78 is 0. The van der Waals surface area contributed by atoms with Crippen LogP contribution in [-0.2, 0) is 4.79 Å². The molecule has 0 saturated carbocycles. The first kappa shape index (κ1) is 18.1. The van der Waals surface area contributed by atoms with Gasteiger partial charge in [0, 0.05) is 19.6 Å². The topological polar surface area (TPSA) is 69.6 Å². The van der Waals surface area contributed by atoms with Crippen molar-refractivity contribution in [1.82, 2.24) is 10.2 Å². The first-order valence-corrected chi connectivity index (χ1v) is 9.20. The van der Waals surface area contributed by atoms with Crippen LogP contribution in [0.1, 0.15) is 45.4 Å². The average Bonchev–Trinajstić information content (AvgIpc) is 2.88. The predicted octanol–water partition coefficient (Wildman–Crippen LogP) is 2.81. The van der Waals surface area contributed by atoms with E-state index in [4.69, 9.17) is 0 Å². The second-order valence-corrected chi connectivity index (χ2v) is 6.78. The first-order valence-electron chi connectivity index (χ1n) is 7.81. The summed E-state index contributed by atoms with van der Waals surface area (Å²) in [4.78, 5) is 25.2. The summed E-state index contributed by atoms with van der Waals surface area (Å²) in [6.07, 6.45) is 7.42. The molecule has 0 aromatic rings. The predicted molar refractivity (Wildman–Crippen MR) is 86.8 cm³/mol. The number of carbonyl (C=O) groups is 2. The van der Waals surface area contributed by atoms with E-state index in [2.05, 4.69) is 11.6 Å². The van der Waals surface area contributed by atoms with Crippen LogP contribution in [0.4, 0.5) is 4.79 Å². The smallest absolute Gasteiger partial charge is 0.317 e. The Kier molecular flexibility index (Phi) is 7.93. The van der Waals surface area contributed by atoms with Crippen molar-refractivity contribution in [3.63, 3.8) is 0 Å². The van der Waals surface area contributed by atoms with Crippen LogP contribution >= 0.6 is 11.8 Å². The molecule has 1 aliphatic heterocycles. The van der Waals surface area contributed by atoms with E-state index in [0.29, 0.717) is 32.5 Å². The number of carboxylic acids is 1. The van der Waals surface area contributed by atoms with Crippen molar-refractivity contribution in [3.8, 4) is 0 Å². The van der Waals surface area contributed by atoms with Gasteiger partial charge in [-0.15, -0.1) is 0 Å². The summed E-state index contributed by atoms with van der Waals surface area (Å²) in [6.45, 7) is 3.55. The van der Waals surface area contributed by atoms with Gasteiger partial charge in [-0.2, -0.15) is 11.8 Å². The van der Waals surface area contributed by atoms with E-state index < -0.39 is 11.4 Å². The van der Waals surface area contributed by atoms with Gasteiger partial charge in [0.1, 0.15) is 0 Å². The van der Waals surface area contributed by atoms with Gasteiger partial charge < -0.3 is 15.3 Å². The van der Waals surface area contributed by atoms with Crippen molar-refractivity contribution >= 4 is 23.8 Å². The second kappa shape index (κ2) is 9.18. The number of carbonyl (C=O) groups excluding carboxylic acids is 1. The minimum Gasteiger partial charge on any atom is -0.481 e. The summed E-state index contributed by atoms with van der Waals surface area (Å²) in [5.41, 5.74) is -0.732. The van der Waals surface area contributed by atoms with Crippen molar-refractivity contribution < 1.29 is 14.7 Å². The third-order valence-corrected chi connectivity index (χ3v) is 4.82. The van der Waals surface area contributed by atoms with Gasteiger partial charge >= 0.3 is 12.0 Å². The molecule has 21 heavy (non-hydrogen) atoms. The maximum Gasteiger partial charge on any atom is 0.317 e. The highest BCUT2D eigenvalue weighted by atomic mass is 32.2. The number of thioether (sulfide) groups is 1. The fourth-order valence-corrected chi connectivity index (χ4v) is 3.36. The Labute approximate surface area is 131 Å². The van der Waals surface area contributed by atoms with Crippen LogP contribution in [0, 0.1) is 5.41 Å². The number of nitrogens with zero attached hydrogens (tertiary/aromatic N) is 1. The number of likely N-dealkylation sites (tertiary alicyclic amines) is 1. The van der Waals surface area contributed by atoms with Crippen LogP contribution in [0.3, 0.4) is 0 Å². The van der Waals surface area contributed by atoms with Crippen molar-refractivity contribution in [3.05, 3.63) is 0 Å². The number of aliphatic carboxylic acids is 1. The molecular formula is C15H28N2O3S.